The maximum atomic E-state index is 5.46. The van der Waals surface area contributed by atoms with Crippen LogP contribution in [0, 0.1) is 0 Å². The normalized spacial score (nSPS) is 10.2. The van der Waals surface area contributed by atoms with E-state index in [4.69, 9.17) is 22.7 Å². The van der Waals surface area contributed by atoms with Gasteiger partial charge in [-0.15, -0.1) is 0 Å². The minimum Gasteiger partial charge on any atom is -0.388 e. The summed E-state index contributed by atoms with van der Waals surface area (Å²) in [5.41, 5.74) is 7.05. The van der Waals surface area contributed by atoms with Crippen LogP contribution in [-0.4, -0.2) is 29.7 Å². The van der Waals surface area contributed by atoms with Crippen molar-refractivity contribution in [2.45, 2.75) is 19.8 Å². The number of rotatable bonds is 8. The number of unbranched alkanes of at least 4 members (excludes halogenated alkanes) is 1. The minimum absolute atomic E-state index is 0.319. The first-order chi connectivity index (χ1) is 8.24. The number of hydrogen-bond acceptors (Lipinski definition) is 4. The molecular weight excluding hydrogens is 234 g/mol. The average molecular weight is 253 g/mol. The number of nitrogens with zero attached hydrogens (tertiary/aromatic N) is 1. The molecule has 1 rings (SSSR count). The molecule has 0 aliphatic carbocycles. The Bertz CT molecular complexity index is 340. The number of nitrogens with one attached hydrogen (secondary N) is 1. The van der Waals surface area contributed by atoms with Gasteiger partial charge in [-0.3, -0.25) is 4.98 Å². The summed E-state index contributed by atoms with van der Waals surface area (Å²) < 4.78 is 5.43. The van der Waals surface area contributed by atoms with Gasteiger partial charge in [0.1, 0.15) is 4.99 Å². The summed E-state index contributed by atoms with van der Waals surface area (Å²) in [4.78, 5) is 4.46. The highest BCUT2D eigenvalue weighted by molar-refractivity contribution is 7.80. The van der Waals surface area contributed by atoms with E-state index >= 15 is 0 Å². The molecule has 0 aromatic carbocycles. The van der Waals surface area contributed by atoms with E-state index in [1.165, 1.54) is 0 Å². The molecule has 0 aliphatic rings. The molecule has 0 amide bonds. The van der Waals surface area contributed by atoms with Gasteiger partial charge >= 0.3 is 0 Å². The van der Waals surface area contributed by atoms with Crippen molar-refractivity contribution in [3.05, 3.63) is 24.0 Å². The van der Waals surface area contributed by atoms with Gasteiger partial charge in [-0.05, 0) is 18.6 Å². The molecule has 1 aromatic heterocycles. The third kappa shape index (κ3) is 5.60. The van der Waals surface area contributed by atoms with E-state index < -0.39 is 0 Å². The molecule has 0 aliphatic heterocycles. The highest BCUT2D eigenvalue weighted by Gasteiger charge is 1.97. The number of pyridine rings is 1. The SMILES string of the molecule is CCCCOCCNc1ccc(C(N)=S)nc1. The van der Waals surface area contributed by atoms with Crippen molar-refractivity contribution in [1.29, 1.82) is 0 Å². The van der Waals surface area contributed by atoms with Crippen LogP contribution in [-0.2, 0) is 4.74 Å². The molecule has 0 saturated heterocycles. The Morgan fingerprint density at radius 3 is 2.88 bits per heavy atom. The zero-order chi connectivity index (χ0) is 12.5. The quantitative estimate of drug-likeness (QED) is 0.548. The first-order valence-corrected chi connectivity index (χ1v) is 6.22. The van der Waals surface area contributed by atoms with Crippen molar-refractivity contribution in [3.63, 3.8) is 0 Å². The molecule has 0 unspecified atom stereocenters. The van der Waals surface area contributed by atoms with Crippen LogP contribution < -0.4 is 11.1 Å². The summed E-state index contributed by atoms with van der Waals surface area (Å²) in [6.07, 6.45) is 4.00. The van der Waals surface area contributed by atoms with Crippen LogP contribution in [0.15, 0.2) is 18.3 Å². The number of anilines is 1. The third-order valence-electron chi connectivity index (χ3n) is 2.23. The Balaban J connectivity index is 2.21. The van der Waals surface area contributed by atoms with Gasteiger partial charge in [0.2, 0.25) is 0 Å². The summed E-state index contributed by atoms with van der Waals surface area (Å²) in [7, 11) is 0. The lowest BCUT2D eigenvalue weighted by Gasteiger charge is -2.07. The van der Waals surface area contributed by atoms with Crippen molar-refractivity contribution in [3.8, 4) is 0 Å². The number of hydrogen-bond donors (Lipinski definition) is 2. The molecule has 17 heavy (non-hydrogen) atoms. The molecule has 0 atom stereocenters. The van der Waals surface area contributed by atoms with Gasteiger partial charge < -0.3 is 15.8 Å². The number of thiocarbonyl (C=S) groups is 1. The standard InChI is InChI=1S/C12H19N3OS/c1-2-3-7-16-8-6-14-10-4-5-11(12(13)17)15-9-10/h4-5,9,14H,2-3,6-8H2,1H3,(H2,13,17). The predicted octanol–water partition coefficient (Wildman–Crippen LogP) is 1.94. The second kappa shape index (κ2) is 7.97. The monoisotopic (exact) mass is 253 g/mol. The molecule has 5 heteroatoms. The molecule has 94 valence electrons. The lowest BCUT2D eigenvalue weighted by atomic mass is 10.3. The molecule has 0 fully saturated rings. The van der Waals surface area contributed by atoms with Gasteiger partial charge in [0.05, 0.1) is 24.2 Å². The van der Waals surface area contributed by atoms with E-state index in [9.17, 15) is 0 Å². The Hall–Kier alpha value is -1.20. The fourth-order valence-electron chi connectivity index (χ4n) is 1.26. The third-order valence-corrected chi connectivity index (χ3v) is 2.44. The first kappa shape index (κ1) is 13.9. The fourth-order valence-corrected chi connectivity index (χ4v) is 1.38. The first-order valence-electron chi connectivity index (χ1n) is 5.81. The lowest BCUT2D eigenvalue weighted by molar-refractivity contribution is 0.141. The maximum Gasteiger partial charge on any atom is 0.122 e. The zero-order valence-corrected chi connectivity index (χ0v) is 10.9. The largest absolute Gasteiger partial charge is 0.388 e. The predicted molar refractivity (Wildman–Crippen MR) is 74.3 cm³/mol. The summed E-state index contributed by atoms with van der Waals surface area (Å²) in [6, 6.07) is 3.72. The molecule has 0 bridgehead atoms. The van der Waals surface area contributed by atoms with Crippen LogP contribution in [0.25, 0.3) is 0 Å². The summed E-state index contributed by atoms with van der Waals surface area (Å²) in [5.74, 6) is 0. The van der Waals surface area contributed by atoms with Crippen LogP contribution in [0.2, 0.25) is 0 Å². The molecule has 1 heterocycles. The van der Waals surface area contributed by atoms with E-state index in [0.29, 0.717) is 17.3 Å². The van der Waals surface area contributed by atoms with Crippen molar-refractivity contribution < 1.29 is 4.74 Å². The topological polar surface area (TPSA) is 60.2 Å². The van der Waals surface area contributed by atoms with Gasteiger partial charge in [-0.1, -0.05) is 25.6 Å². The van der Waals surface area contributed by atoms with Crippen molar-refractivity contribution in [1.82, 2.24) is 4.98 Å². The second-order valence-electron chi connectivity index (χ2n) is 3.69. The van der Waals surface area contributed by atoms with E-state index in [1.807, 2.05) is 12.1 Å². The van der Waals surface area contributed by atoms with Crippen LogP contribution >= 0.6 is 12.2 Å². The highest BCUT2D eigenvalue weighted by Crippen LogP contribution is 2.05. The fraction of sp³-hybridized carbons (Fsp3) is 0.500. The Kier molecular flexibility index (Phi) is 6.50. The molecular formula is C12H19N3OS. The van der Waals surface area contributed by atoms with Gasteiger partial charge in [-0.25, -0.2) is 0 Å². The van der Waals surface area contributed by atoms with Crippen molar-refractivity contribution >= 4 is 22.9 Å². The Labute approximate surface area is 108 Å². The van der Waals surface area contributed by atoms with E-state index in [2.05, 4.69) is 17.2 Å². The lowest BCUT2D eigenvalue weighted by Crippen LogP contribution is -2.13. The van der Waals surface area contributed by atoms with Gasteiger partial charge in [0.15, 0.2) is 0 Å². The van der Waals surface area contributed by atoms with Crippen LogP contribution in [0.4, 0.5) is 5.69 Å². The van der Waals surface area contributed by atoms with Gasteiger partial charge in [0, 0.05) is 13.2 Å². The smallest absolute Gasteiger partial charge is 0.122 e. The van der Waals surface area contributed by atoms with Crippen molar-refractivity contribution in [2.75, 3.05) is 25.1 Å². The molecule has 0 radical (unpaired) electrons. The molecule has 0 spiro atoms. The van der Waals surface area contributed by atoms with E-state index in [1.54, 1.807) is 6.20 Å². The second-order valence-corrected chi connectivity index (χ2v) is 4.13. The Morgan fingerprint density at radius 2 is 2.29 bits per heavy atom. The number of aromatic nitrogens is 1. The van der Waals surface area contributed by atoms with Gasteiger partial charge in [0.25, 0.3) is 0 Å². The average Bonchev–Trinajstić information content (AvgIpc) is 2.34. The number of ether oxygens (including phenoxy) is 1. The maximum absolute atomic E-state index is 5.46. The summed E-state index contributed by atoms with van der Waals surface area (Å²) in [6.45, 7) is 4.46. The van der Waals surface area contributed by atoms with Crippen molar-refractivity contribution in [2.24, 2.45) is 5.73 Å². The molecule has 0 saturated carbocycles. The zero-order valence-electron chi connectivity index (χ0n) is 10.1. The molecule has 3 N–H and O–H groups in total. The van der Waals surface area contributed by atoms with Gasteiger partial charge in [-0.2, -0.15) is 0 Å². The van der Waals surface area contributed by atoms with Crippen LogP contribution in [0.5, 0.6) is 0 Å². The van der Waals surface area contributed by atoms with Crippen LogP contribution in [0.1, 0.15) is 25.5 Å². The Morgan fingerprint density at radius 1 is 1.47 bits per heavy atom. The summed E-state index contributed by atoms with van der Waals surface area (Å²) >= 11 is 4.83. The summed E-state index contributed by atoms with van der Waals surface area (Å²) in [5, 5.41) is 3.22. The minimum atomic E-state index is 0.319. The highest BCUT2D eigenvalue weighted by atomic mass is 32.1. The van der Waals surface area contributed by atoms with E-state index in [0.717, 1.165) is 31.7 Å². The van der Waals surface area contributed by atoms with E-state index in [-0.39, 0.29) is 0 Å². The van der Waals surface area contributed by atoms with Crippen LogP contribution in [0.3, 0.4) is 0 Å². The molecule has 4 nitrogen and oxygen atoms in total. The molecule has 1 aromatic rings. The number of nitrogens with two attached hydrogens (primary N) is 1.